The smallest absolute Gasteiger partial charge is 0.262 e. The van der Waals surface area contributed by atoms with Gasteiger partial charge in [0, 0.05) is 18.8 Å². The van der Waals surface area contributed by atoms with E-state index in [0.29, 0.717) is 12.2 Å². The number of sulfonamides is 1. The lowest BCUT2D eigenvalue weighted by atomic mass is 10.1. The number of nitrogens with zero attached hydrogens (tertiary/aromatic N) is 2. The molecule has 6 nitrogen and oxygen atoms in total. The van der Waals surface area contributed by atoms with Crippen molar-refractivity contribution in [1.29, 1.82) is 0 Å². The molecule has 1 aromatic carbocycles. The van der Waals surface area contributed by atoms with E-state index in [0.717, 1.165) is 5.56 Å². The van der Waals surface area contributed by atoms with Gasteiger partial charge in [0.15, 0.2) is 0 Å². The van der Waals surface area contributed by atoms with Crippen LogP contribution in [-0.2, 0) is 16.6 Å². The van der Waals surface area contributed by atoms with Crippen LogP contribution in [-0.4, -0.2) is 18.2 Å². The minimum Gasteiger partial charge on any atom is -0.324 e. The Bertz CT molecular complexity index is 692. The first-order valence-corrected chi connectivity index (χ1v) is 7.81. The highest BCUT2D eigenvalue weighted by molar-refractivity contribution is 7.92. The summed E-state index contributed by atoms with van der Waals surface area (Å²) in [6, 6.07) is 6.39. The van der Waals surface area contributed by atoms with Gasteiger partial charge in [-0.05, 0) is 31.5 Å². The molecule has 0 saturated carbocycles. The number of benzene rings is 1. The maximum atomic E-state index is 12.3. The van der Waals surface area contributed by atoms with E-state index in [1.807, 2.05) is 13.8 Å². The fraction of sp³-hybridized carbons (Fsp3) is 0.308. The van der Waals surface area contributed by atoms with Crippen molar-refractivity contribution in [2.75, 3.05) is 4.72 Å². The van der Waals surface area contributed by atoms with Crippen LogP contribution in [0.15, 0.2) is 41.6 Å². The second-order valence-corrected chi connectivity index (χ2v) is 6.23. The number of hydrogen-bond donors (Lipinski definition) is 2. The number of rotatable bonds is 5. The quantitative estimate of drug-likeness (QED) is 0.878. The van der Waals surface area contributed by atoms with Crippen LogP contribution >= 0.6 is 0 Å². The van der Waals surface area contributed by atoms with Crippen LogP contribution in [0.3, 0.4) is 0 Å². The van der Waals surface area contributed by atoms with E-state index in [2.05, 4.69) is 9.82 Å². The van der Waals surface area contributed by atoms with Crippen LogP contribution in [0.4, 0.5) is 5.69 Å². The predicted molar refractivity (Wildman–Crippen MR) is 77.8 cm³/mol. The zero-order valence-corrected chi connectivity index (χ0v) is 12.3. The van der Waals surface area contributed by atoms with Crippen LogP contribution in [0.2, 0.25) is 0 Å². The highest BCUT2D eigenvalue weighted by Gasteiger charge is 2.16. The first-order valence-electron chi connectivity index (χ1n) is 6.33. The molecule has 20 heavy (non-hydrogen) atoms. The van der Waals surface area contributed by atoms with E-state index in [9.17, 15) is 8.42 Å². The third-order valence-electron chi connectivity index (χ3n) is 2.90. The van der Waals surface area contributed by atoms with Gasteiger partial charge in [-0.2, -0.15) is 5.10 Å². The van der Waals surface area contributed by atoms with E-state index < -0.39 is 10.0 Å². The summed E-state index contributed by atoms with van der Waals surface area (Å²) in [6.07, 6.45) is 3.13. The Balaban J connectivity index is 2.28. The van der Waals surface area contributed by atoms with Crippen molar-refractivity contribution in [3.8, 4) is 0 Å². The highest BCUT2D eigenvalue weighted by atomic mass is 32.2. The van der Waals surface area contributed by atoms with Crippen LogP contribution in [0.25, 0.3) is 0 Å². The van der Waals surface area contributed by atoms with Gasteiger partial charge in [0.1, 0.15) is 0 Å². The normalized spacial score (nSPS) is 13.2. The van der Waals surface area contributed by atoms with E-state index in [4.69, 9.17) is 5.73 Å². The summed E-state index contributed by atoms with van der Waals surface area (Å²) in [4.78, 5) is 0.191. The number of aryl methyl sites for hydroxylation is 1. The fourth-order valence-electron chi connectivity index (χ4n) is 1.77. The van der Waals surface area contributed by atoms with Crippen LogP contribution < -0.4 is 10.5 Å². The Hall–Kier alpha value is -1.86. The molecule has 2 rings (SSSR count). The molecular weight excluding hydrogens is 276 g/mol. The summed E-state index contributed by atoms with van der Waals surface area (Å²) in [7, 11) is -3.62. The minimum absolute atomic E-state index is 0.191. The maximum absolute atomic E-state index is 12.3. The monoisotopic (exact) mass is 294 g/mol. The molecule has 0 amide bonds. The van der Waals surface area contributed by atoms with E-state index in [1.165, 1.54) is 6.20 Å². The molecule has 0 aliphatic rings. The van der Waals surface area contributed by atoms with Gasteiger partial charge in [0.25, 0.3) is 10.0 Å². The molecule has 0 radical (unpaired) electrons. The number of nitrogens with one attached hydrogen (secondary N) is 1. The van der Waals surface area contributed by atoms with Gasteiger partial charge in [0.05, 0.1) is 16.8 Å². The molecule has 1 aromatic heterocycles. The molecule has 0 saturated heterocycles. The number of nitrogens with two attached hydrogens (primary N) is 1. The summed E-state index contributed by atoms with van der Waals surface area (Å²) in [5.41, 5.74) is 6.99. The molecule has 2 aromatic rings. The molecule has 3 N–H and O–H groups in total. The molecule has 0 fully saturated rings. The molecule has 0 spiro atoms. The van der Waals surface area contributed by atoms with E-state index in [-0.39, 0.29) is 10.9 Å². The van der Waals surface area contributed by atoms with Crippen molar-refractivity contribution in [2.45, 2.75) is 31.3 Å². The first kappa shape index (κ1) is 14.5. The summed E-state index contributed by atoms with van der Waals surface area (Å²) < 4.78 is 28.7. The predicted octanol–water partition coefficient (Wildman–Crippen LogP) is 1.72. The average Bonchev–Trinajstić information content (AvgIpc) is 2.86. The maximum Gasteiger partial charge on any atom is 0.262 e. The molecule has 1 unspecified atom stereocenters. The Labute approximate surface area is 118 Å². The number of hydrogen-bond acceptors (Lipinski definition) is 4. The molecule has 1 heterocycles. The molecule has 0 aliphatic carbocycles. The standard InChI is InChI=1S/C13H18N4O2S/c1-3-17-9-12(8-15-17)16-20(18,19)13-6-4-5-11(7-13)10(2)14/h4-10,16H,3,14H2,1-2H3. The lowest BCUT2D eigenvalue weighted by Gasteiger charge is -2.09. The van der Waals surface area contributed by atoms with Gasteiger partial charge in [0.2, 0.25) is 0 Å². The largest absolute Gasteiger partial charge is 0.324 e. The van der Waals surface area contributed by atoms with Gasteiger partial charge in [-0.3, -0.25) is 9.40 Å². The second-order valence-electron chi connectivity index (χ2n) is 4.55. The van der Waals surface area contributed by atoms with Crippen LogP contribution in [0.5, 0.6) is 0 Å². The third-order valence-corrected chi connectivity index (χ3v) is 4.28. The Kier molecular flexibility index (Phi) is 4.10. The second kappa shape index (κ2) is 5.64. The molecule has 1 atom stereocenters. The average molecular weight is 294 g/mol. The van der Waals surface area contributed by atoms with E-state index >= 15 is 0 Å². The Morgan fingerprint density at radius 2 is 2.20 bits per heavy atom. The van der Waals surface area contributed by atoms with Crippen LogP contribution in [0.1, 0.15) is 25.5 Å². The SMILES string of the molecule is CCn1cc(NS(=O)(=O)c2cccc(C(C)N)c2)cn1. The van der Waals surface area contributed by atoms with Gasteiger partial charge in [-0.15, -0.1) is 0 Å². The Morgan fingerprint density at radius 1 is 1.45 bits per heavy atom. The molecule has 108 valence electrons. The van der Waals surface area contributed by atoms with Gasteiger partial charge >= 0.3 is 0 Å². The van der Waals surface area contributed by atoms with Crippen molar-refractivity contribution >= 4 is 15.7 Å². The van der Waals surface area contributed by atoms with Crippen molar-refractivity contribution in [3.63, 3.8) is 0 Å². The summed E-state index contributed by atoms with van der Waals surface area (Å²) >= 11 is 0. The zero-order chi connectivity index (χ0) is 14.8. The fourth-order valence-corrected chi connectivity index (χ4v) is 2.85. The van der Waals surface area contributed by atoms with Gasteiger partial charge < -0.3 is 5.73 Å². The van der Waals surface area contributed by atoms with Crippen LogP contribution in [0, 0.1) is 0 Å². The zero-order valence-electron chi connectivity index (χ0n) is 11.4. The van der Waals surface area contributed by atoms with E-state index in [1.54, 1.807) is 35.1 Å². The summed E-state index contributed by atoms with van der Waals surface area (Å²) in [6.45, 7) is 4.42. The molecule has 0 bridgehead atoms. The number of anilines is 1. The lowest BCUT2D eigenvalue weighted by molar-refractivity contribution is 0.601. The van der Waals surface area contributed by atoms with Crippen molar-refractivity contribution in [1.82, 2.24) is 9.78 Å². The summed E-state index contributed by atoms with van der Waals surface area (Å²) in [5, 5.41) is 4.03. The third kappa shape index (κ3) is 3.17. The number of aromatic nitrogens is 2. The molecule has 0 aliphatic heterocycles. The molecule has 7 heteroatoms. The Morgan fingerprint density at radius 3 is 2.80 bits per heavy atom. The lowest BCUT2D eigenvalue weighted by Crippen LogP contribution is -2.14. The first-order chi connectivity index (χ1) is 9.42. The molecular formula is C13H18N4O2S. The highest BCUT2D eigenvalue weighted by Crippen LogP contribution is 2.19. The van der Waals surface area contributed by atoms with Crippen molar-refractivity contribution in [2.24, 2.45) is 5.73 Å². The van der Waals surface area contributed by atoms with Gasteiger partial charge in [-0.25, -0.2) is 8.42 Å². The minimum atomic E-state index is -3.62. The topological polar surface area (TPSA) is 90.0 Å². The van der Waals surface area contributed by atoms with Gasteiger partial charge in [-0.1, -0.05) is 12.1 Å². The van der Waals surface area contributed by atoms with Crippen molar-refractivity contribution in [3.05, 3.63) is 42.2 Å². The van der Waals surface area contributed by atoms with Crippen molar-refractivity contribution < 1.29 is 8.42 Å². The summed E-state index contributed by atoms with van der Waals surface area (Å²) in [5.74, 6) is 0.